The third-order valence-corrected chi connectivity index (χ3v) is 7.89. The zero-order valence-electron chi connectivity index (χ0n) is 21.9. The lowest BCUT2D eigenvalue weighted by Crippen LogP contribution is -2.49. The van der Waals surface area contributed by atoms with Crippen LogP contribution in [0.4, 0.5) is 15.8 Å². The van der Waals surface area contributed by atoms with E-state index in [9.17, 15) is 14.4 Å². The van der Waals surface area contributed by atoms with E-state index in [-0.39, 0.29) is 33.4 Å². The number of hydrogen-bond acceptors (Lipinski definition) is 6. The largest absolute Gasteiger partial charge is 0.363 e. The first-order chi connectivity index (χ1) is 18.8. The lowest BCUT2D eigenvalue weighted by molar-refractivity contribution is -0.122. The number of halogens is 3. The van der Waals surface area contributed by atoms with Crippen LogP contribution >= 0.6 is 23.2 Å². The van der Waals surface area contributed by atoms with Crippen LogP contribution in [-0.2, 0) is 15.0 Å². The summed E-state index contributed by atoms with van der Waals surface area (Å²) < 4.78 is 15.8. The van der Waals surface area contributed by atoms with Crippen LogP contribution < -0.4 is 21.7 Å². The first-order valence-electron chi connectivity index (χ1n) is 12.6. The van der Waals surface area contributed by atoms with Crippen molar-refractivity contribution < 1.29 is 18.8 Å². The van der Waals surface area contributed by atoms with E-state index in [2.05, 4.69) is 25.9 Å². The first-order valence-corrected chi connectivity index (χ1v) is 13.3. The molecule has 40 heavy (non-hydrogen) atoms. The first kappa shape index (κ1) is 27.9. The van der Waals surface area contributed by atoms with E-state index in [1.807, 2.05) is 20.8 Å². The lowest BCUT2D eigenvalue weighted by atomic mass is 9.62. The Hall–Kier alpha value is -3.60. The molecule has 12 heteroatoms. The molecule has 2 aliphatic heterocycles. The van der Waals surface area contributed by atoms with E-state index < -0.39 is 41.0 Å². The molecule has 3 heterocycles. The van der Waals surface area contributed by atoms with Crippen molar-refractivity contribution in [3.63, 3.8) is 0 Å². The van der Waals surface area contributed by atoms with E-state index in [0.717, 1.165) is 0 Å². The summed E-state index contributed by atoms with van der Waals surface area (Å²) in [6.45, 7) is 6.08. The maximum Gasteiger partial charge on any atom is 0.286 e. The Morgan fingerprint density at radius 1 is 1.15 bits per heavy atom. The average molecular weight is 585 g/mol. The third-order valence-electron chi connectivity index (χ3n) is 7.36. The second-order valence-corrected chi connectivity index (χ2v) is 12.1. The van der Waals surface area contributed by atoms with Crippen molar-refractivity contribution in [3.8, 4) is 0 Å². The number of nitrogens with zero attached hydrogens (tertiary/aromatic N) is 2. The van der Waals surface area contributed by atoms with Crippen molar-refractivity contribution in [1.82, 2.24) is 15.3 Å². The molecule has 0 radical (unpaired) electrons. The van der Waals surface area contributed by atoms with E-state index >= 15 is 4.39 Å². The van der Waals surface area contributed by atoms with Gasteiger partial charge < -0.3 is 21.7 Å². The molecule has 208 valence electrons. The Morgan fingerprint density at radius 3 is 2.50 bits per heavy atom. The Kier molecular flexibility index (Phi) is 7.06. The Bertz CT molecular complexity index is 1530. The van der Waals surface area contributed by atoms with Gasteiger partial charge in [-0.1, -0.05) is 62.2 Å². The van der Waals surface area contributed by atoms with Crippen molar-refractivity contribution in [3.05, 3.63) is 81.6 Å². The second-order valence-electron chi connectivity index (χ2n) is 11.2. The van der Waals surface area contributed by atoms with Crippen LogP contribution in [0.5, 0.6) is 0 Å². The molecule has 1 aromatic heterocycles. The summed E-state index contributed by atoms with van der Waals surface area (Å²) in [4.78, 5) is 47.1. The van der Waals surface area contributed by atoms with Gasteiger partial charge in [-0.15, -0.1) is 0 Å². The number of amides is 3. The Balaban J connectivity index is 1.69. The molecular weight excluding hydrogens is 558 g/mol. The summed E-state index contributed by atoms with van der Waals surface area (Å²) in [5.41, 5.74) is 4.98. The maximum absolute atomic E-state index is 15.8. The fourth-order valence-corrected chi connectivity index (χ4v) is 6.25. The number of benzene rings is 2. The van der Waals surface area contributed by atoms with Crippen LogP contribution in [0.1, 0.15) is 54.9 Å². The van der Waals surface area contributed by atoms with Crippen molar-refractivity contribution >= 4 is 52.3 Å². The van der Waals surface area contributed by atoms with Gasteiger partial charge in [0.2, 0.25) is 17.6 Å². The number of hydrogen-bond donors (Lipinski definition) is 4. The standard InChI is InChI=1S/C28H27Cl2FN6O3/c1-27(2,3)10-19-28(16-8-7-13(29)9-18(16)36-26(28)40)20(15-5-4-6-17(30)21(15)31)22(37-19)25(39)35-14-11-33-24(23(32)38)34-12-14/h4-9,11-12,19-20,22,37H,10H2,1-3H3,(H2,32,38)(H,35,39)(H,36,40)/t19-,20+,22+,28?/m0/s1. The monoisotopic (exact) mass is 584 g/mol. The molecule has 1 unspecified atom stereocenters. The summed E-state index contributed by atoms with van der Waals surface area (Å²) >= 11 is 12.5. The predicted octanol–water partition coefficient (Wildman–Crippen LogP) is 4.41. The predicted molar refractivity (Wildman–Crippen MR) is 150 cm³/mol. The summed E-state index contributed by atoms with van der Waals surface area (Å²) in [6.07, 6.45) is 2.97. The second kappa shape index (κ2) is 10.1. The van der Waals surface area contributed by atoms with Crippen LogP contribution in [0.25, 0.3) is 0 Å². The SMILES string of the molecule is CC(C)(C)C[C@@H]1N[C@@H](C(=O)Nc2cnc(C(N)=O)nc2)[C@@H](c2cccc(Cl)c2F)C12C(=O)Nc1cc(Cl)ccc12. The van der Waals surface area contributed by atoms with Gasteiger partial charge in [-0.25, -0.2) is 14.4 Å². The van der Waals surface area contributed by atoms with Crippen molar-refractivity contribution in [1.29, 1.82) is 0 Å². The molecule has 0 bridgehead atoms. The quantitative estimate of drug-likeness (QED) is 0.350. The maximum atomic E-state index is 15.8. The minimum Gasteiger partial charge on any atom is -0.363 e. The number of fused-ring (bicyclic) bond motifs is 2. The van der Waals surface area contributed by atoms with E-state index in [1.165, 1.54) is 18.5 Å². The van der Waals surface area contributed by atoms with Gasteiger partial charge in [0.1, 0.15) is 11.2 Å². The van der Waals surface area contributed by atoms with Gasteiger partial charge in [-0.05, 0) is 41.2 Å². The summed E-state index contributed by atoms with van der Waals surface area (Å²) in [5.74, 6) is -3.67. The number of primary amides is 1. The molecule has 5 N–H and O–H groups in total. The lowest BCUT2D eigenvalue weighted by Gasteiger charge is -2.37. The van der Waals surface area contributed by atoms with Crippen molar-refractivity contribution in [2.45, 2.75) is 50.6 Å². The average Bonchev–Trinajstić information content (AvgIpc) is 3.35. The van der Waals surface area contributed by atoms with Gasteiger partial charge in [-0.3, -0.25) is 14.4 Å². The van der Waals surface area contributed by atoms with Crippen molar-refractivity contribution in [2.75, 3.05) is 10.6 Å². The highest BCUT2D eigenvalue weighted by Crippen LogP contribution is 2.57. The van der Waals surface area contributed by atoms with Gasteiger partial charge in [0.05, 0.1) is 29.1 Å². The topological polar surface area (TPSA) is 139 Å². The molecule has 1 fully saturated rings. The van der Waals surface area contributed by atoms with Gasteiger partial charge in [0.15, 0.2) is 0 Å². The Labute approximate surface area is 240 Å². The number of aromatic nitrogens is 2. The molecule has 5 rings (SSSR count). The Morgan fingerprint density at radius 2 is 1.85 bits per heavy atom. The molecule has 1 saturated heterocycles. The number of carbonyl (C=O) groups excluding carboxylic acids is 3. The normalized spacial score (nSPS) is 23.6. The molecular formula is C28H27Cl2FN6O3. The zero-order valence-corrected chi connectivity index (χ0v) is 23.4. The molecule has 9 nitrogen and oxygen atoms in total. The minimum atomic E-state index is -1.38. The van der Waals surface area contributed by atoms with Crippen LogP contribution in [-0.4, -0.2) is 39.8 Å². The number of anilines is 2. The highest BCUT2D eigenvalue weighted by atomic mass is 35.5. The summed E-state index contributed by atoms with van der Waals surface area (Å²) in [5, 5.41) is 9.34. The van der Waals surface area contributed by atoms with E-state index in [1.54, 1.807) is 30.3 Å². The summed E-state index contributed by atoms with van der Waals surface area (Å²) in [7, 11) is 0. The van der Waals surface area contributed by atoms with Crippen LogP contribution in [0.3, 0.4) is 0 Å². The van der Waals surface area contributed by atoms with Gasteiger partial charge >= 0.3 is 0 Å². The molecule has 0 aliphatic carbocycles. The van der Waals surface area contributed by atoms with Crippen molar-refractivity contribution in [2.24, 2.45) is 11.1 Å². The van der Waals surface area contributed by atoms with Crippen LogP contribution in [0, 0.1) is 11.2 Å². The highest BCUT2D eigenvalue weighted by Gasteiger charge is 2.66. The van der Waals surface area contributed by atoms with E-state index in [0.29, 0.717) is 22.7 Å². The molecule has 0 saturated carbocycles. The molecule has 2 aromatic carbocycles. The molecule has 1 spiro atoms. The number of rotatable bonds is 5. The fraction of sp³-hybridized carbons (Fsp3) is 0.321. The highest BCUT2D eigenvalue weighted by molar-refractivity contribution is 6.31. The number of carbonyl (C=O) groups is 3. The smallest absolute Gasteiger partial charge is 0.286 e. The van der Waals surface area contributed by atoms with Gasteiger partial charge in [-0.2, -0.15) is 0 Å². The van der Waals surface area contributed by atoms with E-state index in [4.69, 9.17) is 28.9 Å². The minimum absolute atomic E-state index is 0.120. The fourth-order valence-electron chi connectivity index (χ4n) is 5.89. The zero-order chi connectivity index (χ0) is 29.0. The van der Waals surface area contributed by atoms with Gasteiger partial charge in [0, 0.05) is 22.7 Å². The van der Waals surface area contributed by atoms with Gasteiger partial charge in [0.25, 0.3) is 5.91 Å². The third kappa shape index (κ3) is 4.70. The molecule has 3 amide bonds. The number of nitrogens with two attached hydrogens (primary N) is 1. The molecule has 3 aromatic rings. The van der Waals surface area contributed by atoms with Crippen LogP contribution in [0.15, 0.2) is 48.8 Å². The molecule has 2 aliphatic rings. The molecule has 4 atom stereocenters. The van der Waals surface area contributed by atoms with Crippen LogP contribution in [0.2, 0.25) is 10.0 Å². The summed E-state index contributed by atoms with van der Waals surface area (Å²) in [6, 6.07) is 7.95. The number of nitrogens with one attached hydrogen (secondary N) is 3.